The molecule has 1 unspecified atom stereocenters. The average Bonchev–Trinajstić information content (AvgIpc) is 2.75. The highest BCUT2D eigenvalue weighted by molar-refractivity contribution is 7.91. The van der Waals surface area contributed by atoms with Crippen LogP contribution in [0.25, 0.3) is 11.1 Å². The van der Waals surface area contributed by atoms with Crippen molar-refractivity contribution >= 4 is 15.7 Å². The average molecular weight is 395 g/mol. The first kappa shape index (κ1) is 19.8. The Kier molecular flexibility index (Phi) is 5.92. The third kappa shape index (κ3) is 4.13. The van der Waals surface area contributed by atoms with Crippen molar-refractivity contribution in [3.8, 4) is 11.1 Å². The summed E-state index contributed by atoms with van der Waals surface area (Å²) < 4.78 is 24.0. The Hall–Kier alpha value is -2.96. The highest BCUT2D eigenvalue weighted by Gasteiger charge is 2.22. The van der Waals surface area contributed by atoms with Crippen LogP contribution in [0.1, 0.15) is 24.0 Å². The lowest BCUT2D eigenvalue weighted by atomic mass is 9.89. The molecule has 0 radical (unpaired) electrons. The molecule has 2 N–H and O–H groups in total. The molecule has 0 aliphatic carbocycles. The summed E-state index contributed by atoms with van der Waals surface area (Å²) in [6.45, 7) is 1.61. The van der Waals surface area contributed by atoms with Gasteiger partial charge in [-0.05, 0) is 34.4 Å². The molecule has 0 spiro atoms. The highest BCUT2D eigenvalue weighted by Crippen LogP contribution is 2.29. The van der Waals surface area contributed by atoms with Gasteiger partial charge in [-0.1, -0.05) is 73.7 Å². The monoisotopic (exact) mass is 395 g/mol. The molecule has 0 aromatic heterocycles. The number of carbonyl (C=O) groups is 1. The van der Waals surface area contributed by atoms with E-state index in [2.05, 4.69) is 0 Å². The van der Waals surface area contributed by atoms with E-state index in [1.165, 1.54) is 0 Å². The van der Waals surface area contributed by atoms with Gasteiger partial charge < -0.3 is 0 Å². The van der Waals surface area contributed by atoms with Crippen molar-refractivity contribution in [3.63, 3.8) is 0 Å². The number of hydrogen-bond acceptors (Lipinski definition) is 4. The molecule has 144 valence electrons. The summed E-state index contributed by atoms with van der Waals surface area (Å²) in [5.41, 5.74) is 4.92. The molecule has 5 nitrogen and oxygen atoms in total. The topological polar surface area (TPSA) is 83.5 Å². The lowest BCUT2D eigenvalue weighted by Gasteiger charge is -2.17. The number of hydrogen-bond donors (Lipinski definition) is 2. The summed E-state index contributed by atoms with van der Waals surface area (Å²) in [6, 6.07) is 23.3. The molecule has 0 bridgehead atoms. The maximum Gasteiger partial charge on any atom is 0.255 e. The molecule has 6 heteroatoms. The number of sulfone groups is 1. The zero-order valence-electron chi connectivity index (χ0n) is 15.4. The number of nitrogens with one attached hydrogen (secondary N) is 1. The summed E-state index contributed by atoms with van der Waals surface area (Å²) in [6.07, 6.45) is 0. The van der Waals surface area contributed by atoms with Crippen molar-refractivity contribution in [2.75, 3.05) is 5.75 Å². The fourth-order valence-electron chi connectivity index (χ4n) is 3.12. The largest absolute Gasteiger partial charge is 0.289 e. The second kappa shape index (κ2) is 8.37. The Morgan fingerprint density at radius 3 is 2.14 bits per heavy atom. The van der Waals surface area contributed by atoms with Crippen molar-refractivity contribution < 1.29 is 18.4 Å². The third-order valence-electron chi connectivity index (χ3n) is 4.65. The van der Waals surface area contributed by atoms with Crippen molar-refractivity contribution in [1.29, 1.82) is 0 Å². The van der Waals surface area contributed by atoms with E-state index in [1.807, 2.05) is 54.6 Å². The Morgan fingerprint density at radius 1 is 0.893 bits per heavy atom. The fourth-order valence-corrected chi connectivity index (χ4v) is 4.01. The molecule has 1 atom stereocenters. The molecule has 0 heterocycles. The lowest BCUT2D eigenvalue weighted by molar-refractivity contribution is -0.129. The van der Waals surface area contributed by atoms with Gasteiger partial charge in [0.2, 0.25) is 0 Å². The Balaban J connectivity index is 2.00. The normalized spacial score (nSPS) is 12.4. The first-order valence-corrected chi connectivity index (χ1v) is 10.5. The van der Waals surface area contributed by atoms with Gasteiger partial charge in [0.1, 0.15) is 0 Å². The summed E-state index contributed by atoms with van der Waals surface area (Å²) in [7, 11) is -3.25. The highest BCUT2D eigenvalue weighted by atomic mass is 32.2. The van der Waals surface area contributed by atoms with E-state index in [1.54, 1.807) is 36.7 Å². The summed E-state index contributed by atoms with van der Waals surface area (Å²) in [5, 5.41) is 9.19. The molecular weight excluding hydrogens is 374 g/mol. The Bertz CT molecular complexity index is 1060. The molecule has 3 aromatic rings. The minimum Gasteiger partial charge on any atom is -0.289 e. The molecule has 0 fully saturated rings. The quantitative estimate of drug-likeness (QED) is 0.491. The van der Waals surface area contributed by atoms with Gasteiger partial charge in [0.05, 0.1) is 16.6 Å². The third-order valence-corrected chi connectivity index (χ3v) is 6.40. The SMILES string of the molecule is CCS(=O)(=O)c1ccc(-c2cccc(C(C(=O)NO)c3ccccc3)c2)cc1. The van der Waals surface area contributed by atoms with Gasteiger partial charge in [-0.15, -0.1) is 0 Å². The molecule has 0 aliphatic heterocycles. The van der Waals surface area contributed by atoms with Crippen LogP contribution in [0, 0.1) is 0 Å². The smallest absolute Gasteiger partial charge is 0.255 e. The van der Waals surface area contributed by atoms with Crippen LogP contribution in [0.2, 0.25) is 0 Å². The van der Waals surface area contributed by atoms with E-state index in [0.29, 0.717) is 0 Å². The molecule has 0 saturated heterocycles. The van der Waals surface area contributed by atoms with E-state index in [9.17, 15) is 18.4 Å². The van der Waals surface area contributed by atoms with Crippen LogP contribution in [-0.4, -0.2) is 25.3 Å². The predicted octanol–water partition coefficient (Wildman–Crippen LogP) is 3.78. The van der Waals surface area contributed by atoms with Crippen LogP contribution >= 0.6 is 0 Å². The minimum absolute atomic E-state index is 0.0524. The molecule has 0 aliphatic rings. The fraction of sp³-hybridized carbons (Fsp3) is 0.136. The van der Waals surface area contributed by atoms with Gasteiger partial charge >= 0.3 is 0 Å². The summed E-state index contributed by atoms with van der Waals surface area (Å²) in [5.74, 6) is -1.13. The molecule has 3 rings (SSSR count). The predicted molar refractivity (Wildman–Crippen MR) is 108 cm³/mol. The van der Waals surface area contributed by atoms with Crippen molar-refractivity contribution in [3.05, 3.63) is 90.0 Å². The molecule has 3 aromatic carbocycles. The first-order chi connectivity index (χ1) is 13.5. The van der Waals surface area contributed by atoms with E-state index >= 15 is 0 Å². The number of amides is 1. The minimum atomic E-state index is -3.25. The van der Waals surface area contributed by atoms with Gasteiger partial charge in [-0.25, -0.2) is 13.9 Å². The van der Waals surface area contributed by atoms with Crippen molar-refractivity contribution in [1.82, 2.24) is 5.48 Å². The second-order valence-corrected chi connectivity index (χ2v) is 8.65. The van der Waals surface area contributed by atoms with Gasteiger partial charge in [-0.2, -0.15) is 0 Å². The molecular formula is C22H21NO4S. The summed E-state index contributed by atoms with van der Waals surface area (Å²) >= 11 is 0. The van der Waals surface area contributed by atoms with Crippen LogP contribution in [-0.2, 0) is 14.6 Å². The number of hydroxylamine groups is 1. The van der Waals surface area contributed by atoms with E-state index in [4.69, 9.17) is 0 Å². The van der Waals surface area contributed by atoms with E-state index in [0.717, 1.165) is 22.3 Å². The number of carbonyl (C=O) groups excluding carboxylic acids is 1. The number of benzene rings is 3. The van der Waals surface area contributed by atoms with Crippen LogP contribution in [0.3, 0.4) is 0 Å². The molecule has 0 saturated carbocycles. The standard InChI is InChI=1S/C22H21NO4S/c1-2-28(26,27)20-13-11-16(12-14-20)18-9-6-10-19(15-18)21(22(24)23-25)17-7-4-3-5-8-17/h3-15,21,25H,2H2,1H3,(H,23,24). The Labute approximate surface area is 164 Å². The van der Waals surface area contributed by atoms with Gasteiger partial charge in [0.25, 0.3) is 5.91 Å². The van der Waals surface area contributed by atoms with Gasteiger partial charge in [0, 0.05) is 0 Å². The van der Waals surface area contributed by atoms with Crippen LogP contribution < -0.4 is 5.48 Å². The van der Waals surface area contributed by atoms with Gasteiger partial charge in [0.15, 0.2) is 9.84 Å². The zero-order chi connectivity index (χ0) is 20.1. The van der Waals surface area contributed by atoms with Crippen molar-refractivity contribution in [2.24, 2.45) is 0 Å². The first-order valence-electron chi connectivity index (χ1n) is 8.88. The van der Waals surface area contributed by atoms with Crippen LogP contribution in [0.5, 0.6) is 0 Å². The zero-order valence-corrected chi connectivity index (χ0v) is 16.2. The molecule has 1 amide bonds. The van der Waals surface area contributed by atoms with E-state index in [-0.39, 0.29) is 10.6 Å². The van der Waals surface area contributed by atoms with Gasteiger partial charge in [-0.3, -0.25) is 10.0 Å². The summed E-state index contributed by atoms with van der Waals surface area (Å²) in [4.78, 5) is 12.6. The maximum absolute atomic E-state index is 12.3. The molecule has 28 heavy (non-hydrogen) atoms. The lowest BCUT2D eigenvalue weighted by Crippen LogP contribution is -2.27. The maximum atomic E-state index is 12.3. The van der Waals surface area contributed by atoms with E-state index < -0.39 is 21.7 Å². The van der Waals surface area contributed by atoms with Crippen molar-refractivity contribution in [2.45, 2.75) is 17.7 Å². The number of rotatable bonds is 6. The Morgan fingerprint density at radius 2 is 1.54 bits per heavy atom. The van der Waals surface area contributed by atoms with Crippen LogP contribution in [0.4, 0.5) is 0 Å². The second-order valence-electron chi connectivity index (χ2n) is 6.37. The van der Waals surface area contributed by atoms with Crippen LogP contribution in [0.15, 0.2) is 83.8 Å².